The number of nitrogens with zero attached hydrogens (tertiary/aromatic N) is 2. The third-order valence-electron chi connectivity index (χ3n) is 4.43. The SMILES string of the molecule is CCSc1ccc(-c2nn(-c3ccccc3)cc2CNC(=O)c2cccs2)cc1. The van der Waals surface area contributed by atoms with E-state index >= 15 is 0 Å². The van der Waals surface area contributed by atoms with Crippen molar-refractivity contribution in [2.24, 2.45) is 0 Å². The van der Waals surface area contributed by atoms with Gasteiger partial charge in [-0.1, -0.05) is 43.3 Å². The van der Waals surface area contributed by atoms with E-state index in [1.165, 1.54) is 16.2 Å². The van der Waals surface area contributed by atoms with Crippen LogP contribution in [0.5, 0.6) is 0 Å². The van der Waals surface area contributed by atoms with Crippen LogP contribution in [0.4, 0.5) is 0 Å². The van der Waals surface area contributed by atoms with Gasteiger partial charge in [-0.05, 0) is 41.5 Å². The maximum Gasteiger partial charge on any atom is 0.261 e. The minimum Gasteiger partial charge on any atom is -0.347 e. The Balaban J connectivity index is 1.64. The molecule has 1 N–H and O–H groups in total. The van der Waals surface area contributed by atoms with Gasteiger partial charge in [0.15, 0.2) is 0 Å². The summed E-state index contributed by atoms with van der Waals surface area (Å²) < 4.78 is 1.87. The summed E-state index contributed by atoms with van der Waals surface area (Å²) in [6, 6.07) is 22.2. The summed E-state index contributed by atoms with van der Waals surface area (Å²) in [4.78, 5) is 14.3. The average molecular weight is 420 g/mol. The lowest BCUT2D eigenvalue weighted by atomic mass is 10.1. The maximum absolute atomic E-state index is 12.4. The smallest absolute Gasteiger partial charge is 0.261 e. The summed E-state index contributed by atoms with van der Waals surface area (Å²) in [6.07, 6.45) is 1.99. The molecule has 6 heteroatoms. The molecule has 2 aromatic carbocycles. The van der Waals surface area contributed by atoms with Crippen LogP contribution < -0.4 is 5.32 Å². The maximum atomic E-state index is 12.4. The van der Waals surface area contributed by atoms with Crippen molar-refractivity contribution in [1.82, 2.24) is 15.1 Å². The molecular formula is C23H21N3OS2. The van der Waals surface area contributed by atoms with E-state index < -0.39 is 0 Å². The molecule has 4 rings (SSSR count). The number of thioether (sulfide) groups is 1. The van der Waals surface area contributed by atoms with Crippen LogP contribution in [0.15, 0.2) is 83.2 Å². The first-order chi connectivity index (χ1) is 14.2. The molecule has 0 aliphatic carbocycles. The highest BCUT2D eigenvalue weighted by Gasteiger charge is 2.14. The standard InChI is InChI=1S/C23H21N3OS2/c1-2-28-20-12-10-17(11-13-20)22-18(15-24-23(27)21-9-6-14-29-21)16-26(25-22)19-7-4-3-5-8-19/h3-14,16H,2,15H2,1H3,(H,24,27). The fourth-order valence-corrected chi connectivity index (χ4v) is 4.34. The molecule has 1 amide bonds. The van der Waals surface area contributed by atoms with Crippen molar-refractivity contribution >= 4 is 29.0 Å². The van der Waals surface area contributed by atoms with Gasteiger partial charge in [0, 0.05) is 28.8 Å². The highest BCUT2D eigenvalue weighted by Crippen LogP contribution is 2.27. The van der Waals surface area contributed by atoms with Crippen molar-refractivity contribution in [1.29, 1.82) is 0 Å². The van der Waals surface area contributed by atoms with Crippen LogP contribution in [-0.2, 0) is 6.54 Å². The van der Waals surface area contributed by atoms with Crippen LogP contribution in [-0.4, -0.2) is 21.4 Å². The molecule has 0 atom stereocenters. The van der Waals surface area contributed by atoms with Gasteiger partial charge in [0.05, 0.1) is 16.3 Å². The quantitative estimate of drug-likeness (QED) is 0.394. The van der Waals surface area contributed by atoms with E-state index in [-0.39, 0.29) is 5.91 Å². The Morgan fingerprint density at radius 3 is 2.55 bits per heavy atom. The van der Waals surface area contributed by atoms with Gasteiger partial charge in [-0.15, -0.1) is 23.1 Å². The molecule has 4 nitrogen and oxygen atoms in total. The average Bonchev–Trinajstić information content (AvgIpc) is 3.44. The number of carbonyl (C=O) groups excluding carboxylic acids is 1. The summed E-state index contributed by atoms with van der Waals surface area (Å²) in [5.41, 5.74) is 3.89. The van der Waals surface area contributed by atoms with Crippen molar-refractivity contribution < 1.29 is 4.79 Å². The molecule has 0 unspecified atom stereocenters. The predicted molar refractivity (Wildman–Crippen MR) is 121 cm³/mol. The van der Waals surface area contributed by atoms with Crippen molar-refractivity contribution in [3.05, 3.63) is 88.7 Å². The van der Waals surface area contributed by atoms with E-state index in [2.05, 4.69) is 36.5 Å². The second-order valence-corrected chi connectivity index (χ2v) is 8.69. The minimum absolute atomic E-state index is 0.0619. The lowest BCUT2D eigenvalue weighted by Gasteiger charge is -2.05. The molecule has 2 heterocycles. The first kappa shape index (κ1) is 19.5. The molecule has 0 fully saturated rings. The van der Waals surface area contributed by atoms with Crippen LogP contribution in [0.2, 0.25) is 0 Å². The molecule has 0 aliphatic rings. The number of carbonyl (C=O) groups is 1. The van der Waals surface area contributed by atoms with E-state index in [0.29, 0.717) is 11.4 Å². The van der Waals surface area contributed by atoms with Crippen molar-refractivity contribution in [3.8, 4) is 16.9 Å². The lowest BCUT2D eigenvalue weighted by molar-refractivity contribution is 0.0955. The fraction of sp³-hybridized carbons (Fsp3) is 0.130. The topological polar surface area (TPSA) is 46.9 Å². The normalized spacial score (nSPS) is 10.8. The van der Waals surface area contributed by atoms with Crippen LogP contribution in [0, 0.1) is 0 Å². The largest absolute Gasteiger partial charge is 0.347 e. The van der Waals surface area contributed by atoms with E-state index in [4.69, 9.17) is 5.10 Å². The number of thiophene rings is 1. The molecule has 0 aliphatic heterocycles. The number of amides is 1. The second-order valence-electron chi connectivity index (χ2n) is 6.40. The van der Waals surface area contributed by atoms with E-state index in [1.54, 1.807) is 0 Å². The molecule has 0 bridgehead atoms. The van der Waals surface area contributed by atoms with Gasteiger partial charge in [-0.25, -0.2) is 4.68 Å². The summed E-state index contributed by atoms with van der Waals surface area (Å²) >= 11 is 3.26. The van der Waals surface area contributed by atoms with Gasteiger partial charge >= 0.3 is 0 Å². The molecule has 146 valence electrons. The summed E-state index contributed by atoms with van der Waals surface area (Å²) in [7, 11) is 0. The van der Waals surface area contributed by atoms with Gasteiger partial charge in [-0.2, -0.15) is 5.10 Å². The highest BCUT2D eigenvalue weighted by molar-refractivity contribution is 7.99. The molecule has 29 heavy (non-hydrogen) atoms. The number of para-hydroxylation sites is 1. The van der Waals surface area contributed by atoms with Gasteiger partial charge in [0.25, 0.3) is 5.91 Å². The highest BCUT2D eigenvalue weighted by atomic mass is 32.2. The molecule has 0 radical (unpaired) electrons. The van der Waals surface area contributed by atoms with Crippen LogP contribution in [0.25, 0.3) is 16.9 Å². The Morgan fingerprint density at radius 1 is 1.07 bits per heavy atom. The molecule has 4 aromatic rings. The third kappa shape index (κ3) is 4.60. The summed E-state index contributed by atoms with van der Waals surface area (Å²) in [5.74, 6) is 0.982. The van der Waals surface area contributed by atoms with Gasteiger partial charge in [0.1, 0.15) is 0 Å². The predicted octanol–water partition coefficient (Wildman–Crippen LogP) is 5.64. The molecular weight excluding hydrogens is 398 g/mol. The number of hydrogen-bond donors (Lipinski definition) is 1. The first-order valence-corrected chi connectivity index (χ1v) is 11.3. The minimum atomic E-state index is -0.0619. The van der Waals surface area contributed by atoms with Crippen LogP contribution in [0.3, 0.4) is 0 Å². The van der Waals surface area contributed by atoms with Crippen molar-refractivity contribution in [2.75, 3.05) is 5.75 Å². The molecule has 0 spiro atoms. The van der Waals surface area contributed by atoms with E-state index in [9.17, 15) is 4.79 Å². The monoisotopic (exact) mass is 419 g/mol. The lowest BCUT2D eigenvalue weighted by Crippen LogP contribution is -2.21. The fourth-order valence-electron chi connectivity index (χ4n) is 3.04. The molecule has 0 saturated heterocycles. The zero-order valence-electron chi connectivity index (χ0n) is 16.0. The number of benzene rings is 2. The van der Waals surface area contributed by atoms with Gasteiger partial charge < -0.3 is 5.32 Å². The number of nitrogens with one attached hydrogen (secondary N) is 1. The van der Waals surface area contributed by atoms with Crippen LogP contribution in [0.1, 0.15) is 22.2 Å². The Hall–Kier alpha value is -2.83. The zero-order chi connectivity index (χ0) is 20.1. The molecule has 2 aromatic heterocycles. The molecule has 0 saturated carbocycles. The van der Waals surface area contributed by atoms with E-state index in [1.807, 2.05) is 70.5 Å². The summed E-state index contributed by atoms with van der Waals surface area (Å²) in [6.45, 7) is 2.57. The van der Waals surface area contributed by atoms with Crippen LogP contribution >= 0.6 is 23.1 Å². The number of aromatic nitrogens is 2. The number of rotatable bonds is 7. The van der Waals surface area contributed by atoms with Crippen molar-refractivity contribution in [3.63, 3.8) is 0 Å². The van der Waals surface area contributed by atoms with Crippen molar-refractivity contribution in [2.45, 2.75) is 18.4 Å². The Kier molecular flexibility index (Phi) is 6.12. The third-order valence-corrected chi connectivity index (χ3v) is 6.20. The second kappa shape index (κ2) is 9.11. The first-order valence-electron chi connectivity index (χ1n) is 9.43. The van der Waals surface area contributed by atoms with E-state index in [0.717, 1.165) is 28.3 Å². The zero-order valence-corrected chi connectivity index (χ0v) is 17.7. The Bertz CT molecular complexity index is 1070. The van der Waals surface area contributed by atoms with Gasteiger partial charge in [0.2, 0.25) is 0 Å². The van der Waals surface area contributed by atoms with Gasteiger partial charge in [-0.3, -0.25) is 4.79 Å². The Morgan fingerprint density at radius 2 is 1.86 bits per heavy atom. The Labute approximate surface area is 178 Å². The number of hydrogen-bond acceptors (Lipinski definition) is 4. The summed E-state index contributed by atoms with van der Waals surface area (Å²) in [5, 5.41) is 9.76.